The van der Waals surface area contributed by atoms with E-state index >= 15 is 0 Å². The summed E-state index contributed by atoms with van der Waals surface area (Å²) in [5, 5.41) is 4.80. The maximum atomic E-state index is 6.07. The third-order valence-corrected chi connectivity index (χ3v) is 4.44. The molecule has 0 aliphatic rings. The van der Waals surface area contributed by atoms with Crippen molar-refractivity contribution in [3.05, 3.63) is 59.9 Å². The van der Waals surface area contributed by atoms with Crippen LogP contribution in [0.25, 0.3) is 22.3 Å². The number of aromatic amines is 1. The zero-order valence-electron chi connectivity index (χ0n) is 14.8. The first-order chi connectivity index (χ1) is 13.2. The van der Waals surface area contributed by atoms with Gasteiger partial charge in [-0.25, -0.2) is 9.97 Å². The molecule has 4 rings (SSSR count). The monoisotopic (exact) mass is 380 g/mol. The van der Waals surface area contributed by atoms with Gasteiger partial charge in [-0.1, -0.05) is 17.7 Å². The third kappa shape index (κ3) is 3.39. The van der Waals surface area contributed by atoms with Crippen molar-refractivity contribution in [3.8, 4) is 22.8 Å². The lowest BCUT2D eigenvalue weighted by Crippen LogP contribution is -1.94. The summed E-state index contributed by atoms with van der Waals surface area (Å²) < 4.78 is 10.8. The molecular formula is C20H17ClN4O2. The molecule has 2 heterocycles. The summed E-state index contributed by atoms with van der Waals surface area (Å²) in [5.41, 5.74) is 3.30. The Morgan fingerprint density at radius 3 is 2.67 bits per heavy atom. The highest BCUT2D eigenvalue weighted by atomic mass is 35.5. The molecule has 7 heteroatoms. The van der Waals surface area contributed by atoms with Gasteiger partial charge in [0.15, 0.2) is 0 Å². The van der Waals surface area contributed by atoms with Crippen molar-refractivity contribution in [2.24, 2.45) is 0 Å². The van der Waals surface area contributed by atoms with Crippen molar-refractivity contribution in [1.29, 1.82) is 0 Å². The van der Waals surface area contributed by atoms with Crippen LogP contribution in [-0.4, -0.2) is 29.2 Å². The van der Waals surface area contributed by atoms with Gasteiger partial charge in [-0.15, -0.1) is 0 Å². The van der Waals surface area contributed by atoms with E-state index in [-0.39, 0.29) is 0 Å². The van der Waals surface area contributed by atoms with Crippen molar-refractivity contribution in [2.45, 2.75) is 0 Å². The molecule has 6 nitrogen and oxygen atoms in total. The van der Waals surface area contributed by atoms with E-state index in [4.69, 9.17) is 21.1 Å². The Labute approximate surface area is 161 Å². The fourth-order valence-electron chi connectivity index (χ4n) is 2.91. The van der Waals surface area contributed by atoms with E-state index in [1.165, 1.54) is 6.33 Å². The second kappa shape index (κ2) is 7.17. The van der Waals surface area contributed by atoms with Crippen molar-refractivity contribution in [3.63, 3.8) is 0 Å². The first kappa shape index (κ1) is 17.2. The molecule has 4 aromatic rings. The number of rotatable bonds is 5. The number of nitrogens with one attached hydrogen (secondary N) is 2. The maximum absolute atomic E-state index is 6.07. The summed E-state index contributed by atoms with van der Waals surface area (Å²) in [6.07, 6.45) is 1.51. The van der Waals surface area contributed by atoms with E-state index in [9.17, 15) is 0 Å². The molecule has 0 saturated carbocycles. The number of anilines is 2. The van der Waals surface area contributed by atoms with Gasteiger partial charge in [0, 0.05) is 16.3 Å². The van der Waals surface area contributed by atoms with Crippen LogP contribution < -0.4 is 14.8 Å². The minimum atomic E-state index is 0.654. The van der Waals surface area contributed by atoms with Crippen LogP contribution in [-0.2, 0) is 0 Å². The van der Waals surface area contributed by atoms with Crippen LogP contribution in [0.15, 0.2) is 54.9 Å². The fourth-order valence-corrected chi connectivity index (χ4v) is 3.10. The smallest absolute Gasteiger partial charge is 0.143 e. The Morgan fingerprint density at radius 2 is 1.89 bits per heavy atom. The predicted molar refractivity (Wildman–Crippen MR) is 107 cm³/mol. The highest BCUT2D eigenvalue weighted by molar-refractivity contribution is 6.30. The average Bonchev–Trinajstić information content (AvgIpc) is 3.13. The van der Waals surface area contributed by atoms with Crippen LogP contribution >= 0.6 is 11.6 Å². The Kier molecular flexibility index (Phi) is 4.56. The SMILES string of the molecule is COc1ccc(OC)c(-c2cc3c(Nc4cccc(Cl)c4)ncnc3[nH]2)c1. The number of ether oxygens (including phenoxy) is 2. The second-order valence-electron chi connectivity index (χ2n) is 5.87. The van der Waals surface area contributed by atoms with E-state index in [2.05, 4.69) is 20.3 Å². The standard InChI is InChI=1S/C20H17ClN4O2/c1-26-14-6-7-18(27-2)15(9-14)17-10-16-19(22-11-23-20(16)25-17)24-13-5-3-4-12(21)8-13/h3-11H,1-2H3,(H2,22,23,24,25). The van der Waals surface area contributed by atoms with Crippen LogP contribution in [0, 0.1) is 0 Å². The number of benzene rings is 2. The lowest BCUT2D eigenvalue weighted by Gasteiger charge is -2.09. The van der Waals surface area contributed by atoms with Gasteiger partial charge < -0.3 is 19.8 Å². The number of hydrogen-bond donors (Lipinski definition) is 2. The summed E-state index contributed by atoms with van der Waals surface area (Å²) in [6, 6.07) is 15.1. The van der Waals surface area contributed by atoms with Gasteiger partial charge in [-0.05, 0) is 42.5 Å². The summed E-state index contributed by atoms with van der Waals surface area (Å²) >= 11 is 6.07. The van der Waals surface area contributed by atoms with E-state index < -0.39 is 0 Å². The zero-order chi connectivity index (χ0) is 18.8. The lowest BCUT2D eigenvalue weighted by atomic mass is 10.1. The van der Waals surface area contributed by atoms with Crippen molar-refractivity contribution in [2.75, 3.05) is 19.5 Å². The predicted octanol–water partition coefficient (Wildman–Crippen LogP) is 5.04. The van der Waals surface area contributed by atoms with Crippen LogP contribution in [0.4, 0.5) is 11.5 Å². The molecule has 2 aromatic heterocycles. The minimum absolute atomic E-state index is 0.654. The summed E-state index contributed by atoms with van der Waals surface area (Å²) in [5.74, 6) is 2.17. The Hall–Kier alpha value is -3.25. The van der Waals surface area contributed by atoms with Crippen LogP contribution in [0.5, 0.6) is 11.5 Å². The molecule has 0 aliphatic carbocycles. The second-order valence-corrected chi connectivity index (χ2v) is 6.31. The Morgan fingerprint density at radius 1 is 1.00 bits per heavy atom. The molecule has 0 aliphatic heterocycles. The van der Waals surface area contributed by atoms with E-state index in [0.29, 0.717) is 10.8 Å². The van der Waals surface area contributed by atoms with E-state index in [1.807, 2.05) is 48.5 Å². The number of fused-ring (bicyclic) bond motifs is 1. The third-order valence-electron chi connectivity index (χ3n) is 4.21. The highest BCUT2D eigenvalue weighted by Crippen LogP contribution is 2.35. The number of methoxy groups -OCH3 is 2. The van der Waals surface area contributed by atoms with Gasteiger partial charge in [-0.3, -0.25) is 0 Å². The van der Waals surface area contributed by atoms with Crippen LogP contribution in [0.1, 0.15) is 0 Å². The van der Waals surface area contributed by atoms with Crippen LogP contribution in [0.2, 0.25) is 5.02 Å². The van der Waals surface area contributed by atoms with Crippen molar-refractivity contribution < 1.29 is 9.47 Å². The highest BCUT2D eigenvalue weighted by Gasteiger charge is 2.14. The number of aromatic nitrogens is 3. The van der Waals surface area contributed by atoms with Gasteiger partial charge in [0.25, 0.3) is 0 Å². The first-order valence-electron chi connectivity index (χ1n) is 8.26. The first-order valence-corrected chi connectivity index (χ1v) is 8.64. The largest absolute Gasteiger partial charge is 0.497 e. The number of H-pyrrole nitrogens is 1. The molecule has 27 heavy (non-hydrogen) atoms. The van der Waals surface area contributed by atoms with E-state index in [1.54, 1.807) is 14.2 Å². The quantitative estimate of drug-likeness (QED) is 0.507. The molecule has 0 bridgehead atoms. The van der Waals surface area contributed by atoms with Gasteiger partial charge in [0.1, 0.15) is 29.3 Å². The molecule has 0 unspecified atom stereocenters. The number of nitrogens with zero attached hydrogens (tertiary/aromatic N) is 2. The summed E-state index contributed by atoms with van der Waals surface area (Å²) in [7, 11) is 3.27. The van der Waals surface area contributed by atoms with Gasteiger partial charge in [0.2, 0.25) is 0 Å². The fraction of sp³-hybridized carbons (Fsp3) is 0.100. The molecule has 0 radical (unpaired) electrons. The molecule has 0 saturated heterocycles. The Balaban J connectivity index is 1.79. The molecule has 136 valence electrons. The Bertz CT molecular complexity index is 1110. The maximum Gasteiger partial charge on any atom is 0.143 e. The van der Waals surface area contributed by atoms with Crippen LogP contribution in [0.3, 0.4) is 0 Å². The van der Waals surface area contributed by atoms with Crippen molar-refractivity contribution >= 4 is 34.1 Å². The van der Waals surface area contributed by atoms with Gasteiger partial charge in [-0.2, -0.15) is 0 Å². The molecule has 2 aromatic carbocycles. The molecule has 0 spiro atoms. The van der Waals surface area contributed by atoms with Gasteiger partial charge >= 0.3 is 0 Å². The lowest BCUT2D eigenvalue weighted by molar-refractivity contribution is 0.404. The normalized spacial score (nSPS) is 10.8. The average molecular weight is 381 g/mol. The molecule has 0 amide bonds. The zero-order valence-corrected chi connectivity index (χ0v) is 15.5. The summed E-state index contributed by atoms with van der Waals surface area (Å²) in [4.78, 5) is 12.0. The molecular weight excluding hydrogens is 364 g/mol. The van der Waals surface area contributed by atoms with Crippen molar-refractivity contribution in [1.82, 2.24) is 15.0 Å². The van der Waals surface area contributed by atoms with E-state index in [0.717, 1.165) is 39.5 Å². The molecule has 2 N–H and O–H groups in total. The van der Waals surface area contributed by atoms with Gasteiger partial charge in [0.05, 0.1) is 25.3 Å². The number of halogens is 1. The topological polar surface area (TPSA) is 72.1 Å². The molecule has 0 atom stereocenters. The summed E-state index contributed by atoms with van der Waals surface area (Å²) in [6.45, 7) is 0. The minimum Gasteiger partial charge on any atom is -0.497 e. The molecule has 0 fully saturated rings. The number of hydrogen-bond acceptors (Lipinski definition) is 5.